The van der Waals surface area contributed by atoms with Crippen molar-refractivity contribution in [2.75, 3.05) is 12.3 Å². The molecular formula is C15H29NOS. The fraction of sp³-hybridized carbons (Fsp3) is 1.00. The van der Waals surface area contributed by atoms with E-state index < -0.39 is 10.8 Å². The van der Waals surface area contributed by atoms with Crippen LogP contribution in [0.4, 0.5) is 0 Å². The van der Waals surface area contributed by atoms with Crippen LogP contribution in [-0.2, 0) is 10.8 Å². The van der Waals surface area contributed by atoms with Gasteiger partial charge in [0.2, 0.25) is 0 Å². The Kier molecular flexibility index (Phi) is 6.16. The SMILES string of the molecule is CCCNC1CCCC(S(=O)CC2CCCC2)C1. The van der Waals surface area contributed by atoms with Gasteiger partial charge in [-0.1, -0.05) is 26.2 Å². The molecule has 3 heteroatoms. The first kappa shape index (κ1) is 14.5. The Bertz CT molecular complexity index is 263. The van der Waals surface area contributed by atoms with E-state index in [0.29, 0.717) is 11.3 Å². The van der Waals surface area contributed by atoms with Crippen LogP contribution in [0.15, 0.2) is 0 Å². The van der Waals surface area contributed by atoms with Crippen molar-refractivity contribution in [2.24, 2.45) is 5.92 Å². The van der Waals surface area contributed by atoms with Crippen LogP contribution >= 0.6 is 0 Å². The molecule has 2 saturated carbocycles. The summed E-state index contributed by atoms with van der Waals surface area (Å²) in [7, 11) is -0.563. The molecule has 1 N–H and O–H groups in total. The first-order valence-electron chi connectivity index (χ1n) is 7.90. The molecule has 2 aliphatic carbocycles. The van der Waals surface area contributed by atoms with E-state index in [4.69, 9.17) is 0 Å². The fourth-order valence-electron chi connectivity index (χ4n) is 3.46. The Labute approximate surface area is 115 Å². The molecule has 0 saturated heterocycles. The maximum atomic E-state index is 12.5. The van der Waals surface area contributed by atoms with E-state index in [0.717, 1.165) is 24.6 Å². The maximum absolute atomic E-state index is 12.5. The van der Waals surface area contributed by atoms with Crippen molar-refractivity contribution in [3.63, 3.8) is 0 Å². The maximum Gasteiger partial charge on any atom is 0.0362 e. The second-order valence-electron chi connectivity index (χ2n) is 6.14. The minimum Gasteiger partial charge on any atom is -0.314 e. The van der Waals surface area contributed by atoms with Crippen molar-refractivity contribution >= 4 is 10.8 Å². The van der Waals surface area contributed by atoms with Crippen LogP contribution in [0, 0.1) is 5.92 Å². The van der Waals surface area contributed by atoms with Gasteiger partial charge in [-0.15, -0.1) is 0 Å². The van der Waals surface area contributed by atoms with E-state index in [1.165, 1.54) is 51.4 Å². The average molecular weight is 271 g/mol. The fourth-order valence-corrected chi connectivity index (χ4v) is 5.41. The van der Waals surface area contributed by atoms with E-state index in [-0.39, 0.29) is 0 Å². The number of hydrogen-bond donors (Lipinski definition) is 1. The van der Waals surface area contributed by atoms with E-state index in [9.17, 15) is 4.21 Å². The zero-order valence-corrected chi connectivity index (χ0v) is 12.6. The molecule has 0 aromatic heterocycles. The highest BCUT2D eigenvalue weighted by Gasteiger charge is 2.28. The van der Waals surface area contributed by atoms with Crippen LogP contribution in [-0.4, -0.2) is 27.8 Å². The number of hydrogen-bond acceptors (Lipinski definition) is 2. The summed E-state index contributed by atoms with van der Waals surface area (Å²) >= 11 is 0. The highest BCUT2D eigenvalue weighted by Crippen LogP contribution is 2.29. The summed E-state index contributed by atoms with van der Waals surface area (Å²) < 4.78 is 12.5. The summed E-state index contributed by atoms with van der Waals surface area (Å²) in [6, 6.07) is 0.635. The lowest BCUT2D eigenvalue weighted by molar-refractivity contribution is 0.377. The molecule has 0 spiro atoms. The average Bonchev–Trinajstić information content (AvgIpc) is 2.89. The highest BCUT2D eigenvalue weighted by atomic mass is 32.2. The van der Waals surface area contributed by atoms with Gasteiger partial charge >= 0.3 is 0 Å². The molecule has 0 aromatic carbocycles. The van der Waals surface area contributed by atoms with E-state index >= 15 is 0 Å². The van der Waals surface area contributed by atoms with Crippen molar-refractivity contribution in [3.8, 4) is 0 Å². The Hall–Kier alpha value is 0.110. The van der Waals surface area contributed by atoms with E-state index in [1.807, 2.05) is 0 Å². The molecule has 0 bridgehead atoms. The topological polar surface area (TPSA) is 29.1 Å². The summed E-state index contributed by atoms with van der Waals surface area (Å²) in [5.74, 6) is 1.76. The molecule has 2 nitrogen and oxygen atoms in total. The Morgan fingerprint density at radius 1 is 1.11 bits per heavy atom. The number of nitrogens with one attached hydrogen (secondary N) is 1. The van der Waals surface area contributed by atoms with Crippen LogP contribution in [0.25, 0.3) is 0 Å². The molecule has 0 aromatic rings. The van der Waals surface area contributed by atoms with Crippen LogP contribution in [0.5, 0.6) is 0 Å². The van der Waals surface area contributed by atoms with Gasteiger partial charge in [0.25, 0.3) is 0 Å². The van der Waals surface area contributed by atoms with Crippen molar-refractivity contribution in [1.82, 2.24) is 5.32 Å². The second kappa shape index (κ2) is 7.64. The highest BCUT2D eigenvalue weighted by molar-refractivity contribution is 7.85. The summed E-state index contributed by atoms with van der Waals surface area (Å²) in [5, 5.41) is 4.10. The van der Waals surface area contributed by atoms with Crippen LogP contribution in [0.3, 0.4) is 0 Å². The van der Waals surface area contributed by atoms with E-state index in [2.05, 4.69) is 12.2 Å². The summed E-state index contributed by atoms with van der Waals surface area (Å²) in [6.45, 7) is 3.33. The van der Waals surface area contributed by atoms with Crippen LogP contribution < -0.4 is 5.32 Å². The molecule has 2 aliphatic rings. The third-order valence-corrected chi connectivity index (χ3v) is 6.53. The Morgan fingerprint density at radius 3 is 2.61 bits per heavy atom. The van der Waals surface area contributed by atoms with Crippen LogP contribution in [0.2, 0.25) is 0 Å². The zero-order valence-electron chi connectivity index (χ0n) is 11.8. The van der Waals surface area contributed by atoms with Crippen molar-refractivity contribution in [3.05, 3.63) is 0 Å². The van der Waals surface area contributed by atoms with Crippen molar-refractivity contribution in [1.29, 1.82) is 0 Å². The third kappa shape index (κ3) is 4.34. The molecule has 18 heavy (non-hydrogen) atoms. The minimum atomic E-state index is -0.563. The van der Waals surface area contributed by atoms with Gasteiger partial charge in [-0.2, -0.15) is 0 Å². The minimum absolute atomic E-state index is 0.480. The first-order valence-corrected chi connectivity index (χ1v) is 9.28. The summed E-state index contributed by atoms with van der Waals surface area (Å²) in [6.07, 6.45) is 11.5. The lowest BCUT2D eigenvalue weighted by Crippen LogP contribution is -2.38. The Balaban J connectivity index is 1.74. The lowest BCUT2D eigenvalue weighted by atomic mass is 9.95. The molecular weight excluding hydrogens is 242 g/mol. The van der Waals surface area contributed by atoms with Gasteiger partial charge in [0.1, 0.15) is 0 Å². The largest absolute Gasteiger partial charge is 0.314 e. The second-order valence-corrected chi connectivity index (χ2v) is 7.90. The molecule has 2 fully saturated rings. The third-order valence-electron chi connectivity index (χ3n) is 4.56. The normalized spacial score (nSPS) is 31.6. The molecule has 0 aliphatic heterocycles. The molecule has 0 heterocycles. The molecule has 3 unspecified atom stereocenters. The van der Waals surface area contributed by atoms with Gasteiger partial charge in [0.15, 0.2) is 0 Å². The summed E-state index contributed by atoms with van der Waals surface area (Å²) in [5.41, 5.74) is 0. The van der Waals surface area contributed by atoms with Gasteiger partial charge < -0.3 is 5.32 Å². The van der Waals surface area contributed by atoms with Gasteiger partial charge in [0, 0.05) is 27.8 Å². The van der Waals surface area contributed by atoms with Crippen LogP contribution in [0.1, 0.15) is 64.7 Å². The zero-order chi connectivity index (χ0) is 12.8. The molecule has 0 amide bonds. The summed E-state index contributed by atoms with van der Waals surface area (Å²) in [4.78, 5) is 0. The predicted octanol–water partition coefficient (Wildman–Crippen LogP) is 3.24. The monoisotopic (exact) mass is 271 g/mol. The molecule has 0 radical (unpaired) electrons. The van der Waals surface area contributed by atoms with Gasteiger partial charge in [-0.05, 0) is 51.0 Å². The van der Waals surface area contributed by atoms with Gasteiger partial charge in [0.05, 0.1) is 0 Å². The quantitative estimate of drug-likeness (QED) is 0.803. The molecule has 2 rings (SSSR count). The molecule has 106 valence electrons. The van der Waals surface area contributed by atoms with E-state index in [1.54, 1.807) is 0 Å². The van der Waals surface area contributed by atoms with Gasteiger partial charge in [-0.25, -0.2) is 0 Å². The van der Waals surface area contributed by atoms with Gasteiger partial charge in [-0.3, -0.25) is 4.21 Å². The first-order chi connectivity index (χ1) is 8.79. The standard InChI is InChI=1S/C15H29NOS/c1-2-10-16-14-8-5-9-15(11-14)18(17)12-13-6-3-4-7-13/h13-16H,2-12H2,1H3. The number of rotatable bonds is 6. The lowest BCUT2D eigenvalue weighted by Gasteiger charge is -2.30. The smallest absolute Gasteiger partial charge is 0.0362 e. The Morgan fingerprint density at radius 2 is 1.89 bits per heavy atom. The van der Waals surface area contributed by atoms with Crippen molar-refractivity contribution in [2.45, 2.75) is 76.0 Å². The molecule has 3 atom stereocenters. The van der Waals surface area contributed by atoms with Crippen molar-refractivity contribution < 1.29 is 4.21 Å². The predicted molar refractivity (Wildman–Crippen MR) is 79.3 cm³/mol.